The third-order valence-corrected chi connectivity index (χ3v) is 4.26. The van der Waals surface area contributed by atoms with Gasteiger partial charge in [-0.25, -0.2) is 0 Å². The van der Waals surface area contributed by atoms with Crippen LogP contribution in [0.1, 0.15) is 38.2 Å². The van der Waals surface area contributed by atoms with Crippen LogP contribution in [0.2, 0.25) is 0 Å². The number of benzene rings is 1. The van der Waals surface area contributed by atoms with E-state index in [4.69, 9.17) is 0 Å². The highest BCUT2D eigenvalue weighted by molar-refractivity contribution is 9.10. The summed E-state index contributed by atoms with van der Waals surface area (Å²) in [4.78, 5) is 12.5. The third-order valence-electron chi connectivity index (χ3n) is 3.73. The Bertz CT molecular complexity index is 407. The maximum atomic E-state index is 12.5. The molecule has 1 aromatic carbocycles. The fourth-order valence-corrected chi connectivity index (χ4v) is 3.04. The Morgan fingerprint density at radius 2 is 2.11 bits per heavy atom. The molecular weight excluding hydrogens is 290 g/mol. The third kappa shape index (κ3) is 3.01. The minimum atomic E-state index is -0.248. The number of ketones is 1. The van der Waals surface area contributed by atoms with Gasteiger partial charge >= 0.3 is 0 Å². The van der Waals surface area contributed by atoms with Crippen LogP contribution in [-0.2, 0) is 11.2 Å². The van der Waals surface area contributed by atoms with Crippen molar-refractivity contribution in [1.82, 2.24) is 5.32 Å². The number of carbonyl (C=O) groups excluding carboxylic acids is 1. The molecular formula is C15H20BrNO. The van der Waals surface area contributed by atoms with Crippen LogP contribution in [0.3, 0.4) is 0 Å². The lowest BCUT2D eigenvalue weighted by atomic mass is 9.84. The van der Waals surface area contributed by atoms with E-state index in [1.54, 1.807) is 0 Å². The highest BCUT2D eigenvalue weighted by Gasteiger charge is 2.39. The second-order valence-corrected chi connectivity index (χ2v) is 6.00. The fraction of sp³-hybridized carbons (Fsp3) is 0.533. The molecule has 98 valence electrons. The van der Waals surface area contributed by atoms with Crippen LogP contribution < -0.4 is 5.32 Å². The van der Waals surface area contributed by atoms with E-state index < -0.39 is 0 Å². The molecule has 1 aliphatic heterocycles. The maximum Gasteiger partial charge on any atom is 0.157 e. The van der Waals surface area contributed by atoms with E-state index in [1.807, 2.05) is 24.3 Å². The van der Waals surface area contributed by atoms with Crippen LogP contribution in [0.5, 0.6) is 0 Å². The first-order valence-electron chi connectivity index (χ1n) is 6.69. The summed E-state index contributed by atoms with van der Waals surface area (Å²) in [6.07, 6.45) is 4.67. The standard InChI is InChI=1S/C15H20BrNO/c1-2-8-15(9-3-10-17-15)14(18)11-12-4-6-13(16)7-5-12/h4-7,17H,2-3,8-11H2,1H3. The monoisotopic (exact) mass is 309 g/mol. The molecule has 2 nitrogen and oxygen atoms in total. The second-order valence-electron chi connectivity index (χ2n) is 5.09. The number of hydrogen-bond donors (Lipinski definition) is 1. The van der Waals surface area contributed by atoms with Gasteiger partial charge in [-0.1, -0.05) is 41.4 Å². The highest BCUT2D eigenvalue weighted by atomic mass is 79.9. The van der Waals surface area contributed by atoms with Gasteiger partial charge in [-0.05, 0) is 43.5 Å². The number of Topliss-reactive ketones (excluding diaryl/α,β-unsaturated/α-hetero) is 1. The zero-order valence-corrected chi connectivity index (χ0v) is 12.4. The van der Waals surface area contributed by atoms with Crippen molar-refractivity contribution < 1.29 is 4.79 Å². The van der Waals surface area contributed by atoms with E-state index in [0.717, 1.165) is 42.3 Å². The predicted molar refractivity (Wildman–Crippen MR) is 77.7 cm³/mol. The van der Waals surface area contributed by atoms with Crippen molar-refractivity contribution in [2.75, 3.05) is 6.54 Å². The normalized spacial score (nSPS) is 23.2. The summed E-state index contributed by atoms with van der Waals surface area (Å²) >= 11 is 3.42. The molecule has 1 saturated heterocycles. The van der Waals surface area contributed by atoms with E-state index in [1.165, 1.54) is 0 Å². The number of halogens is 1. The summed E-state index contributed by atoms with van der Waals surface area (Å²) < 4.78 is 1.06. The zero-order valence-electron chi connectivity index (χ0n) is 10.8. The number of rotatable bonds is 5. The highest BCUT2D eigenvalue weighted by Crippen LogP contribution is 2.27. The first kappa shape index (κ1) is 13.8. The molecule has 1 N–H and O–H groups in total. The van der Waals surface area contributed by atoms with Gasteiger partial charge in [0.05, 0.1) is 5.54 Å². The van der Waals surface area contributed by atoms with Crippen LogP contribution in [0.15, 0.2) is 28.7 Å². The molecule has 1 atom stereocenters. The van der Waals surface area contributed by atoms with Gasteiger partial charge < -0.3 is 5.32 Å². The second kappa shape index (κ2) is 5.98. The molecule has 1 aliphatic rings. The molecule has 1 unspecified atom stereocenters. The van der Waals surface area contributed by atoms with Crippen LogP contribution in [0.25, 0.3) is 0 Å². The van der Waals surface area contributed by atoms with Gasteiger partial charge in [0.15, 0.2) is 5.78 Å². The smallest absolute Gasteiger partial charge is 0.157 e. The van der Waals surface area contributed by atoms with Crippen molar-refractivity contribution in [2.45, 2.75) is 44.6 Å². The summed E-state index contributed by atoms with van der Waals surface area (Å²) in [7, 11) is 0. The van der Waals surface area contributed by atoms with Gasteiger partial charge in [-0.15, -0.1) is 0 Å². The fourth-order valence-electron chi connectivity index (χ4n) is 2.78. The van der Waals surface area contributed by atoms with Gasteiger partial charge in [-0.3, -0.25) is 4.79 Å². The Kier molecular flexibility index (Phi) is 4.57. The van der Waals surface area contributed by atoms with Crippen LogP contribution >= 0.6 is 15.9 Å². The van der Waals surface area contributed by atoms with E-state index in [-0.39, 0.29) is 5.54 Å². The Labute approximate surface area is 117 Å². The van der Waals surface area contributed by atoms with Gasteiger partial charge in [0.1, 0.15) is 0 Å². The van der Waals surface area contributed by atoms with Crippen molar-refractivity contribution in [3.05, 3.63) is 34.3 Å². The largest absolute Gasteiger partial charge is 0.305 e. The molecule has 0 radical (unpaired) electrons. The summed E-state index contributed by atoms with van der Waals surface area (Å²) in [5.41, 5.74) is 0.856. The summed E-state index contributed by atoms with van der Waals surface area (Å²) in [6.45, 7) is 3.13. The molecule has 0 amide bonds. The van der Waals surface area contributed by atoms with Crippen LogP contribution in [-0.4, -0.2) is 17.9 Å². The minimum absolute atomic E-state index is 0.248. The summed E-state index contributed by atoms with van der Waals surface area (Å²) in [5, 5.41) is 3.44. The lowest BCUT2D eigenvalue weighted by molar-refractivity contribution is -0.124. The molecule has 0 aliphatic carbocycles. The minimum Gasteiger partial charge on any atom is -0.305 e. The average Bonchev–Trinajstić information content (AvgIpc) is 2.82. The average molecular weight is 310 g/mol. The molecule has 1 heterocycles. The molecule has 2 rings (SSSR count). The first-order valence-corrected chi connectivity index (χ1v) is 7.48. The Balaban J connectivity index is 2.07. The number of carbonyl (C=O) groups is 1. The lowest BCUT2D eigenvalue weighted by Crippen LogP contribution is -2.48. The molecule has 18 heavy (non-hydrogen) atoms. The van der Waals surface area contributed by atoms with Gasteiger partial charge in [0, 0.05) is 10.9 Å². The SMILES string of the molecule is CCCC1(C(=O)Cc2ccc(Br)cc2)CCCN1. The Morgan fingerprint density at radius 3 is 2.67 bits per heavy atom. The molecule has 1 aromatic rings. The zero-order chi connectivity index (χ0) is 13.0. The number of nitrogens with one attached hydrogen (secondary N) is 1. The quantitative estimate of drug-likeness (QED) is 0.902. The molecule has 0 aromatic heterocycles. The predicted octanol–water partition coefficient (Wildman–Crippen LogP) is 3.48. The molecule has 0 bridgehead atoms. The maximum absolute atomic E-state index is 12.5. The molecule has 1 fully saturated rings. The van der Waals surface area contributed by atoms with Gasteiger partial charge in [0.25, 0.3) is 0 Å². The lowest BCUT2D eigenvalue weighted by Gasteiger charge is -2.27. The topological polar surface area (TPSA) is 29.1 Å². The van der Waals surface area contributed by atoms with Crippen molar-refractivity contribution in [2.24, 2.45) is 0 Å². The van der Waals surface area contributed by atoms with Gasteiger partial charge in [-0.2, -0.15) is 0 Å². The molecule has 3 heteroatoms. The van der Waals surface area contributed by atoms with E-state index in [0.29, 0.717) is 12.2 Å². The first-order chi connectivity index (χ1) is 8.66. The van der Waals surface area contributed by atoms with E-state index in [2.05, 4.69) is 28.2 Å². The van der Waals surface area contributed by atoms with Crippen molar-refractivity contribution in [1.29, 1.82) is 0 Å². The molecule has 0 spiro atoms. The van der Waals surface area contributed by atoms with E-state index in [9.17, 15) is 4.79 Å². The summed E-state index contributed by atoms with van der Waals surface area (Å²) in [6, 6.07) is 8.04. The number of hydrogen-bond acceptors (Lipinski definition) is 2. The van der Waals surface area contributed by atoms with Crippen LogP contribution in [0.4, 0.5) is 0 Å². The molecule has 0 saturated carbocycles. The van der Waals surface area contributed by atoms with E-state index >= 15 is 0 Å². The van der Waals surface area contributed by atoms with Crippen molar-refractivity contribution in [3.8, 4) is 0 Å². The summed E-state index contributed by atoms with van der Waals surface area (Å²) in [5.74, 6) is 0.351. The van der Waals surface area contributed by atoms with Gasteiger partial charge in [0.2, 0.25) is 0 Å². The Morgan fingerprint density at radius 1 is 1.39 bits per heavy atom. The van der Waals surface area contributed by atoms with Crippen molar-refractivity contribution in [3.63, 3.8) is 0 Å². The van der Waals surface area contributed by atoms with Crippen LogP contribution in [0, 0.1) is 0 Å². The Hall–Kier alpha value is -0.670. The van der Waals surface area contributed by atoms with Crippen molar-refractivity contribution >= 4 is 21.7 Å².